The van der Waals surface area contributed by atoms with E-state index in [9.17, 15) is 4.79 Å². The number of hydrogen-bond acceptors (Lipinski definition) is 2. The van der Waals surface area contributed by atoms with E-state index in [0.29, 0.717) is 19.0 Å². The summed E-state index contributed by atoms with van der Waals surface area (Å²) in [6, 6.07) is 8.22. The molecule has 1 amide bonds. The van der Waals surface area contributed by atoms with Crippen LogP contribution in [0.5, 0.6) is 0 Å². The average Bonchev–Trinajstić information content (AvgIpc) is 2.42. The molecule has 1 aliphatic carbocycles. The van der Waals surface area contributed by atoms with Gasteiger partial charge in [0.1, 0.15) is 0 Å². The van der Waals surface area contributed by atoms with Crippen molar-refractivity contribution in [3.63, 3.8) is 0 Å². The molecule has 1 atom stereocenters. The Morgan fingerprint density at radius 3 is 2.65 bits per heavy atom. The number of nitrogens with one attached hydrogen (secondary N) is 1. The van der Waals surface area contributed by atoms with Crippen molar-refractivity contribution in [1.82, 2.24) is 5.32 Å². The van der Waals surface area contributed by atoms with Crippen molar-refractivity contribution in [3.8, 4) is 0 Å². The molecule has 0 heterocycles. The summed E-state index contributed by atoms with van der Waals surface area (Å²) < 4.78 is 0. The van der Waals surface area contributed by atoms with Crippen LogP contribution < -0.4 is 11.1 Å². The fraction of sp³-hybridized carbons (Fsp3) is 0.588. The highest BCUT2D eigenvalue weighted by molar-refractivity contribution is 5.79. The van der Waals surface area contributed by atoms with Gasteiger partial charge in [0.05, 0.1) is 6.42 Å². The van der Waals surface area contributed by atoms with Gasteiger partial charge in [-0.25, -0.2) is 0 Å². The summed E-state index contributed by atoms with van der Waals surface area (Å²) in [5, 5.41) is 3.23. The Balaban J connectivity index is 1.98. The van der Waals surface area contributed by atoms with E-state index in [1.165, 1.54) is 19.3 Å². The van der Waals surface area contributed by atoms with Crippen molar-refractivity contribution < 1.29 is 4.79 Å². The zero-order valence-corrected chi connectivity index (χ0v) is 12.6. The van der Waals surface area contributed by atoms with Gasteiger partial charge in [-0.1, -0.05) is 51.0 Å². The smallest absolute Gasteiger partial charge is 0.224 e. The van der Waals surface area contributed by atoms with Crippen molar-refractivity contribution >= 4 is 5.91 Å². The molecule has 0 saturated heterocycles. The van der Waals surface area contributed by atoms with Gasteiger partial charge in [0.25, 0.3) is 0 Å². The van der Waals surface area contributed by atoms with Crippen LogP contribution in [0.1, 0.15) is 50.7 Å². The van der Waals surface area contributed by atoms with Crippen LogP contribution in [-0.2, 0) is 17.8 Å². The molecule has 3 N–H and O–H groups in total. The van der Waals surface area contributed by atoms with Crippen LogP contribution in [0, 0.1) is 5.41 Å². The second kappa shape index (κ2) is 6.40. The van der Waals surface area contributed by atoms with Crippen molar-refractivity contribution in [3.05, 3.63) is 35.4 Å². The minimum atomic E-state index is 0.117. The van der Waals surface area contributed by atoms with Gasteiger partial charge in [0, 0.05) is 12.6 Å². The van der Waals surface area contributed by atoms with Crippen LogP contribution in [-0.4, -0.2) is 11.9 Å². The zero-order valence-electron chi connectivity index (χ0n) is 12.6. The van der Waals surface area contributed by atoms with Gasteiger partial charge >= 0.3 is 0 Å². The number of benzene rings is 1. The topological polar surface area (TPSA) is 55.1 Å². The third kappa shape index (κ3) is 3.60. The minimum absolute atomic E-state index is 0.117. The van der Waals surface area contributed by atoms with Crippen molar-refractivity contribution in [2.45, 2.75) is 58.5 Å². The normalized spacial score (nSPS) is 21.4. The predicted molar refractivity (Wildman–Crippen MR) is 82.2 cm³/mol. The maximum absolute atomic E-state index is 12.3. The lowest BCUT2D eigenvalue weighted by Crippen LogP contribution is -2.47. The lowest BCUT2D eigenvalue weighted by molar-refractivity contribution is -0.122. The van der Waals surface area contributed by atoms with E-state index in [1.807, 2.05) is 24.3 Å². The number of carbonyl (C=O) groups is 1. The Morgan fingerprint density at radius 2 is 2.00 bits per heavy atom. The standard InChI is InChI=1S/C17H26N2O/c1-17(2)10-6-5-9-15(17)19-16(20)11-13-7-3-4-8-14(13)12-18/h3-4,7-8,15H,5-6,9-12,18H2,1-2H3,(H,19,20). The van der Waals surface area contributed by atoms with Gasteiger partial charge in [0.15, 0.2) is 0 Å². The molecule has 1 fully saturated rings. The van der Waals surface area contributed by atoms with Gasteiger partial charge in [0.2, 0.25) is 5.91 Å². The lowest BCUT2D eigenvalue weighted by Gasteiger charge is -2.39. The highest BCUT2D eigenvalue weighted by Crippen LogP contribution is 2.35. The Kier molecular flexibility index (Phi) is 4.81. The van der Waals surface area contributed by atoms with Gasteiger partial charge in [-0.2, -0.15) is 0 Å². The number of nitrogens with two attached hydrogens (primary N) is 1. The summed E-state index contributed by atoms with van der Waals surface area (Å²) in [4.78, 5) is 12.3. The molecule has 0 aromatic heterocycles. The molecule has 3 nitrogen and oxygen atoms in total. The maximum atomic E-state index is 12.3. The molecule has 3 heteroatoms. The molecule has 110 valence electrons. The summed E-state index contributed by atoms with van der Waals surface area (Å²) in [6.45, 7) is 4.99. The summed E-state index contributed by atoms with van der Waals surface area (Å²) in [6.07, 6.45) is 5.21. The maximum Gasteiger partial charge on any atom is 0.224 e. The van der Waals surface area contributed by atoms with E-state index in [1.54, 1.807) is 0 Å². The number of rotatable bonds is 4. The van der Waals surface area contributed by atoms with Gasteiger partial charge in [-0.3, -0.25) is 4.79 Å². The molecule has 1 aromatic carbocycles. The van der Waals surface area contributed by atoms with E-state index in [-0.39, 0.29) is 11.3 Å². The van der Waals surface area contributed by atoms with Crippen LogP contribution in [0.4, 0.5) is 0 Å². The fourth-order valence-corrected chi connectivity index (χ4v) is 3.11. The molecule has 2 rings (SSSR count). The molecule has 0 spiro atoms. The largest absolute Gasteiger partial charge is 0.353 e. The minimum Gasteiger partial charge on any atom is -0.353 e. The first-order valence-electron chi connectivity index (χ1n) is 7.59. The third-order valence-corrected chi connectivity index (χ3v) is 4.53. The molecule has 0 radical (unpaired) electrons. The molecular formula is C17H26N2O. The third-order valence-electron chi connectivity index (χ3n) is 4.53. The van der Waals surface area contributed by atoms with E-state index in [2.05, 4.69) is 19.2 Å². The fourth-order valence-electron chi connectivity index (χ4n) is 3.11. The average molecular weight is 274 g/mol. The Hall–Kier alpha value is -1.35. The highest BCUT2D eigenvalue weighted by atomic mass is 16.1. The summed E-state index contributed by atoms with van der Waals surface area (Å²) in [5.74, 6) is 0.117. The van der Waals surface area contributed by atoms with Gasteiger partial charge in [-0.05, 0) is 29.4 Å². The summed E-state index contributed by atoms with van der Waals surface area (Å²) in [5.41, 5.74) is 8.04. The molecule has 0 bridgehead atoms. The first kappa shape index (κ1) is 15.0. The SMILES string of the molecule is CC1(C)CCCCC1NC(=O)Cc1ccccc1CN. The van der Waals surface area contributed by atoms with Crippen LogP contribution in [0.3, 0.4) is 0 Å². The molecule has 1 unspecified atom stereocenters. The molecule has 0 aliphatic heterocycles. The number of amides is 1. The Morgan fingerprint density at radius 1 is 1.30 bits per heavy atom. The summed E-state index contributed by atoms with van der Waals surface area (Å²) in [7, 11) is 0. The Labute approximate surface area is 121 Å². The number of carbonyl (C=O) groups excluding carboxylic acids is 1. The molecule has 1 aliphatic rings. The number of hydrogen-bond donors (Lipinski definition) is 2. The molecular weight excluding hydrogens is 248 g/mol. The molecule has 20 heavy (non-hydrogen) atoms. The van der Waals surface area contributed by atoms with Crippen LogP contribution in [0.2, 0.25) is 0 Å². The second-order valence-corrected chi connectivity index (χ2v) is 6.50. The monoisotopic (exact) mass is 274 g/mol. The van der Waals surface area contributed by atoms with Crippen LogP contribution in [0.15, 0.2) is 24.3 Å². The molecule has 1 aromatic rings. The van der Waals surface area contributed by atoms with Gasteiger partial charge < -0.3 is 11.1 Å². The molecule has 1 saturated carbocycles. The first-order chi connectivity index (χ1) is 9.53. The Bertz CT molecular complexity index is 468. The highest BCUT2D eigenvalue weighted by Gasteiger charge is 2.33. The van der Waals surface area contributed by atoms with Crippen molar-refractivity contribution in [2.75, 3.05) is 0 Å². The van der Waals surface area contributed by atoms with Crippen molar-refractivity contribution in [2.24, 2.45) is 11.1 Å². The van der Waals surface area contributed by atoms with E-state index < -0.39 is 0 Å². The van der Waals surface area contributed by atoms with E-state index in [4.69, 9.17) is 5.73 Å². The predicted octanol–water partition coefficient (Wildman–Crippen LogP) is 2.77. The van der Waals surface area contributed by atoms with Gasteiger partial charge in [-0.15, -0.1) is 0 Å². The lowest BCUT2D eigenvalue weighted by atomic mass is 9.73. The zero-order chi connectivity index (χ0) is 14.6. The van der Waals surface area contributed by atoms with Crippen LogP contribution >= 0.6 is 0 Å². The van der Waals surface area contributed by atoms with Crippen molar-refractivity contribution in [1.29, 1.82) is 0 Å². The van der Waals surface area contributed by atoms with E-state index >= 15 is 0 Å². The summed E-state index contributed by atoms with van der Waals surface area (Å²) >= 11 is 0. The van der Waals surface area contributed by atoms with Crippen LogP contribution in [0.25, 0.3) is 0 Å². The quantitative estimate of drug-likeness (QED) is 0.887. The van der Waals surface area contributed by atoms with E-state index in [0.717, 1.165) is 17.5 Å². The first-order valence-corrected chi connectivity index (χ1v) is 7.59. The second-order valence-electron chi connectivity index (χ2n) is 6.50.